The van der Waals surface area contributed by atoms with Crippen LogP contribution in [0, 0.1) is 0 Å². The summed E-state index contributed by atoms with van der Waals surface area (Å²) in [7, 11) is -3.69. The Morgan fingerprint density at radius 1 is 1.13 bits per heavy atom. The summed E-state index contributed by atoms with van der Waals surface area (Å²) in [4.78, 5) is 12.6. The lowest BCUT2D eigenvalue weighted by Gasteiger charge is -2.03. The Balaban J connectivity index is 1.97. The SMILES string of the molecule is O=C(O)COc1ccc(C=NNS(=O)(=O)c2ccccc2)cc1. The number of carbonyl (C=O) groups is 1. The second kappa shape index (κ2) is 7.41. The van der Waals surface area contributed by atoms with E-state index in [1.54, 1.807) is 42.5 Å². The van der Waals surface area contributed by atoms with Crippen LogP contribution in [0.4, 0.5) is 0 Å². The van der Waals surface area contributed by atoms with Crippen molar-refractivity contribution in [1.29, 1.82) is 0 Å². The lowest BCUT2D eigenvalue weighted by Crippen LogP contribution is -2.18. The number of sulfonamides is 1. The van der Waals surface area contributed by atoms with Gasteiger partial charge >= 0.3 is 5.97 Å². The summed E-state index contributed by atoms with van der Waals surface area (Å²) in [5.41, 5.74) is 0.628. The van der Waals surface area contributed by atoms with Gasteiger partial charge in [-0.3, -0.25) is 0 Å². The van der Waals surface area contributed by atoms with Crippen LogP contribution in [0.15, 0.2) is 64.6 Å². The van der Waals surface area contributed by atoms with Gasteiger partial charge in [-0.2, -0.15) is 13.5 Å². The molecular weight excluding hydrogens is 320 g/mol. The highest BCUT2D eigenvalue weighted by atomic mass is 32.2. The molecule has 2 rings (SSSR count). The van der Waals surface area contributed by atoms with E-state index in [2.05, 4.69) is 9.93 Å². The summed E-state index contributed by atoms with van der Waals surface area (Å²) in [5.74, 6) is -0.666. The molecule has 0 radical (unpaired) electrons. The topological polar surface area (TPSA) is 105 Å². The monoisotopic (exact) mass is 334 g/mol. The number of ether oxygens (including phenoxy) is 1. The van der Waals surface area contributed by atoms with Crippen molar-refractivity contribution < 1.29 is 23.1 Å². The Morgan fingerprint density at radius 3 is 2.39 bits per heavy atom. The number of carboxylic acids is 1. The predicted octanol–water partition coefficient (Wildman–Crippen LogP) is 1.46. The van der Waals surface area contributed by atoms with Gasteiger partial charge in [-0.15, -0.1) is 0 Å². The van der Waals surface area contributed by atoms with Crippen molar-refractivity contribution in [1.82, 2.24) is 4.83 Å². The molecule has 0 amide bonds. The summed E-state index contributed by atoms with van der Waals surface area (Å²) < 4.78 is 28.8. The maximum Gasteiger partial charge on any atom is 0.341 e. The van der Waals surface area contributed by atoms with E-state index in [4.69, 9.17) is 9.84 Å². The molecule has 8 heteroatoms. The lowest BCUT2D eigenvalue weighted by molar-refractivity contribution is -0.139. The van der Waals surface area contributed by atoms with Crippen molar-refractivity contribution in [3.8, 4) is 5.75 Å². The smallest absolute Gasteiger partial charge is 0.341 e. The zero-order valence-electron chi connectivity index (χ0n) is 11.9. The minimum atomic E-state index is -3.69. The number of benzene rings is 2. The van der Waals surface area contributed by atoms with Gasteiger partial charge < -0.3 is 9.84 Å². The molecule has 23 heavy (non-hydrogen) atoms. The minimum Gasteiger partial charge on any atom is -0.482 e. The van der Waals surface area contributed by atoms with Crippen molar-refractivity contribution >= 4 is 22.2 Å². The van der Waals surface area contributed by atoms with Crippen molar-refractivity contribution in [2.45, 2.75) is 4.90 Å². The van der Waals surface area contributed by atoms with E-state index in [1.807, 2.05) is 0 Å². The van der Waals surface area contributed by atoms with Gasteiger partial charge in [-0.05, 0) is 42.0 Å². The zero-order valence-corrected chi connectivity index (χ0v) is 12.7. The molecule has 0 saturated heterocycles. The molecule has 0 heterocycles. The third-order valence-corrected chi connectivity index (χ3v) is 3.92. The number of rotatable bonds is 7. The van der Waals surface area contributed by atoms with E-state index in [0.29, 0.717) is 11.3 Å². The summed E-state index contributed by atoms with van der Waals surface area (Å²) in [6.07, 6.45) is 1.33. The molecule has 2 N–H and O–H groups in total. The molecule has 0 unspecified atom stereocenters. The van der Waals surface area contributed by atoms with Crippen LogP contribution in [0.1, 0.15) is 5.56 Å². The molecular formula is C15H14N2O5S. The molecule has 0 atom stereocenters. The van der Waals surface area contributed by atoms with Crippen LogP contribution in [-0.4, -0.2) is 32.3 Å². The number of aliphatic carboxylic acids is 1. The molecule has 0 fully saturated rings. The molecule has 0 spiro atoms. The highest BCUT2D eigenvalue weighted by molar-refractivity contribution is 7.89. The van der Waals surface area contributed by atoms with E-state index < -0.39 is 22.6 Å². The van der Waals surface area contributed by atoms with Gasteiger partial charge in [0.25, 0.3) is 10.0 Å². The summed E-state index contributed by atoms with van der Waals surface area (Å²) in [6, 6.07) is 14.3. The Kier molecular flexibility index (Phi) is 5.32. The van der Waals surface area contributed by atoms with Gasteiger partial charge in [0.05, 0.1) is 11.1 Å². The lowest BCUT2D eigenvalue weighted by atomic mass is 10.2. The fourth-order valence-electron chi connectivity index (χ4n) is 1.62. The third-order valence-electron chi connectivity index (χ3n) is 2.68. The number of nitrogens with one attached hydrogen (secondary N) is 1. The number of nitrogens with zero attached hydrogens (tertiary/aromatic N) is 1. The molecule has 7 nitrogen and oxygen atoms in total. The summed E-state index contributed by atoms with van der Waals surface area (Å²) in [5, 5.41) is 12.2. The van der Waals surface area contributed by atoms with Crippen molar-refractivity contribution in [3.63, 3.8) is 0 Å². The van der Waals surface area contributed by atoms with Crippen molar-refractivity contribution in [2.75, 3.05) is 6.61 Å². The van der Waals surface area contributed by atoms with E-state index in [9.17, 15) is 13.2 Å². The van der Waals surface area contributed by atoms with Gasteiger partial charge in [0.2, 0.25) is 0 Å². The molecule has 0 saturated carbocycles. The van der Waals surface area contributed by atoms with Gasteiger partial charge in [0.15, 0.2) is 6.61 Å². The van der Waals surface area contributed by atoms with Crippen molar-refractivity contribution in [3.05, 3.63) is 60.2 Å². The Hall–Kier alpha value is -2.87. The van der Waals surface area contributed by atoms with E-state index in [1.165, 1.54) is 18.3 Å². The maximum absolute atomic E-state index is 11.9. The minimum absolute atomic E-state index is 0.120. The van der Waals surface area contributed by atoms with E-state index in [-0.39, 0.29) is 4.90 Å². The van der Waals surface area contributed by atoms with Crippen LogP contribution in [0.5, 0.6) is 5.75 Å². The van der Waals surface area contributed by atoms with E-state index >= 15 is 0 Å². The Morgan fingerprint density at radius 2 is 1.78 bits per heavy atom. The number of hydrogen-bond acceptors (Lipinski definition) is 5. The first-order valence-corrected chi connectivity index (χ1v) is 8.00. The average molecular weight is 334 g/mol. The highest BCUT2D eigenvalue weighted by Crippen LogP contribution is 2.11. The van der Waals surface area contributed by atoms with Crippen molar-refractivity contribution in [2.24, 2.45) is 5.10 Å². The molecule has 2 aromatic carbocycles. The molecule has 120 valence electrons. The van der Waals surface area contributed by atoms with Crippen LogP contribution in [0.2, 0.25) is 0 Å². The highest BCUT2D eigenvalue weighted by Gasteiger charge is 2.10. The second-order valence-corrected chi connectivity index (χ2v) is 6.08. The normalized spacial score (nSPS) is 11.3. The van der Waals surface area contributed by atoms with Gasteiger partial charge in [0, 0.05) is 0 Å². The summed E-state index contributed by atoms with van der Waals surface area (Å²) >= 11 is 0. The zero-order chi connectivity index (χ0) is 16.7. The quantitative estimate of drug-likeness (QED) is 0.589. The van der Waals surface area contributed by atoms with E-state index in [0.717, 1.165) is 0 Å². The molecule has 0 aliphatic carbocycles. The van der Waals surface area contributed by atoms with Crippen LogP contribution in [0.3, 0.4) is 0 Å². The number of hydrazone groups is 1. The maximum atomic E-state index is 11.9. The molecule has 0 aliphatic rings. The van der Waals surface area contributed by atoms with Gasteiger partial charge in [0.1, 0.15) is 5.75 Å². The molecule has 0 aliphatic heterocycles. The van der Waals surface area contributed by atoms with Crippen LogP contribution < -0.4 is 9.57 Å². The number of hydrogen-bond donors (Lipinski definition) is 2. The average Bonchev–Trinajstić information content (AvgIpc) is 2.55. The first-order chi connectivity index (χ1) is 11.0. The Bertz CT molecular complexity index is 786. The standard InChI is InChI=1S/C15H14N2O5S/c18-15(19)11-22-13-8-6-12(7-9-13)10-16-17-23(20,21)14-4-2-1-3-5-14/h1-10,17H,11H2,(H,18,19). The Labute approximate surface area is 133 Å². The number of carboxylic acid groups (broad SMARTS) is 1. The molecule has 0 aromatic heterocycles. The largest absolute Gasteiger partial charge is 0.482 e. The summed E-state index contributed by atoms with van der Waals surface area (Å²) in [6.45, 7) is -0.426. The second-order valence-electron chi connectivity index (χ2n) is 4.42. The van der Waals surface area contributed by atoms with Gasteiger partial charge in [-0.25, -0.2) is 9.63 Å². The fraction of sp³-hybridized carbons (Fsp3) is 0.0667. The van der Waals surface area contributed by atoms with Crippen LogP contribution >= 0.6 is 0 Å². The molecule has 0 bridgehead atoms. The fourth-order valence-corrected chi connectivity index (χ4v) is 2.43. The third kappa shape index (κ3) is 5.11. The predicted molar refractivity (Wildman–Crippen MR) is 83.9 cm³/mol. The first kappa shape index (κ1) is 16.5. The molecule has 2 aromatic rings. The van der Waals surface area contributed by atoms with Crippen LogP contribution in [0.25, 0.3) is 0 Å². The van der Waals surface area contributed by atoms with Gasteiger partial charge in [-0.1, -0.05) is 18.2 Å². The first-order valence-electron chi connectivity index (χ1n) is 6.52. The van der Waals surface area contributed by atoms with Crippen LogP contribution in [-0.2, 0) is 14.8 Å².